The molecule has 0 spiro atoms. The van der Waals surface area contributed by atoms with Crippen LogP contribution in [0.3, 0.4) is 0 Å². The number of anilines is 1. The van der Waals surface area contributed by atoms with E-state index in [2.05, 4.69) is 10.2 Å². The number of likely N-dealkylation sites (tertiary alicyclic amines) is 1. The third-order valence-corrected chi connectivity index (χ3v) is 6.92. The zero-order chi connectivity index (χ0) is 25.1. The van der Waals surface area contributed by atoms with Crippen LogP contribution in [0.1, 0.15) is 26.7 Å². The van der Waals surface area contributed by atoms with Gasteiger partial charge in [0.25, 0.3) is 0 Å². The van der Waals surface area contributed by atoms with Crippen LogP contribution in [0.5, 0.6) is 0 Å². The number of furan rings is 2. The summed E-state index contributed by atoms with van der Waals surface area (Å²) in [6.07, 6.45) is 5.06. The lowest BCUT2D eigenvalue weighted by Gasteiger charge is -2.36. The molecule has 0 aliphatic carbocycles. The molecule has 186 valence electrons. The van der Waals surface area contributed by atoms with Gasteiger partial charge in [0.15, 0.2) is 16.6 Å². The summed E-state index contributed by atoms with van der Waals surface area (Å²) in [6, 6.07) is 13.1. The minimum Gasteiger partial charge on any atom is -0.463 e. The van der Waals surface area contributed by atoms with Gasteiger partial charge in [0, 0.05) is 31.9 Å². The van der Waals surface area contributed by atoms with Gasteiger partial charge in [-0.3, -0.25) is 4.79 Å². The van der Waals surface area contributed by atoms with Crippen LogP contribution in [0.25, 0.3) is 33.9 Å². The molecule has 4 aromatic rings. The van der Waals surface area contributed by atoms with Gasteiger partial charge in [0.1, 0.15) is 11.4 Å². The summed E-state index contributed by atoms with van der Waals surface area (Å²) >= 11 is 5.73. The Labute approximate surface area is 215 Å². The van der Waals surface area contributed by atoms with Crippen LogP contribution in [0, 0.1) is 5.92 Å². The highest BCUT2D eigenvalue weighted by molar-refractivity contribution is 7.80. The number of amides is 1. The van der Waals surface area contributed by atoms with Crippen LogP contribution in [-0.2, 0) is 4.79 Å². The fraction of sp³-hybridized carbons (Fsp3) is 0.333. The summed E-state index contributed by atoms with van der Waals surface area (Å²) in [7, 11) is 0. The highest BCUT2D eigenvalue weighted by Crippen LogP contribution is 2.32. The monoisotopic (exact) mass is 503 g/mol. The minimum atomic E-state index is -0.0308. The van der Waals surface area contributed by atoms with Crippen LogP contribution in [0.2, 0.25) is 0 Å². The van der Waals surface area contributed by atoms with E-state index in [1.165, 1.54) is 0 Å². The summed E-state index contributed by atoms with van der Waals surface area (Å²) < 4.78 is 11.2. The van der Waals surface area contributed by atoms with E-state index in [1.54, 1.807) is 12.5 Å². The fourth-order valence-electron chi connectivity index (χ4n) is 4.66. The van der Waals surface area contributed by atoms with Crippen molar-refractivity contribution in [1.29, 1.82) is 0 Å². The van der Waals surface area contributed by atoms with Gasteiger partial charge in [-0.2, -0.15) is 0 Å². The van der Waals surface area contributed by atoms with Gasteiger partial charge in [-0.1, -0.05) is 0 Å². The smallest absolute Gasteiger partial charge is 0.227 e. The second kappa shape index (κ2) is 10.5. The van der Waals surface area contributed by atoms with Gasteiger partial charge < -0.3 is 24.0 Å². The topological polar surface area (TPSA) is 87.6 Å². The number of aromatic nitrogens is 2. The molecule has 3 aromatic heterocycles. The van der Waals surface area contributed by atoms with Gasteiger partial charge in [0.2, 0.25) is 5.91 Å². The Hall–Kier alpha value is -3.72. The van der Waals surface area contributed by atoms with Crippen molar-refractivity contribution in [3.8, 4) is 22.9 Å². The Bertz CT molecular complexity index is 1350. The molecule has 0 saturated carbocycles. The molecule has 5 rings (SSSR count). The molecule has 1 aliphatic rings. The van der Waals surface area contributed by atoms with Gasteiger partial charge in [-0.05, 0) is 81.4 Å². The van der Waals surface area contributed by atoms with Crippen LogP contribution in [0.15, 0.2) is 63.8 Å². The lowest BCUT2D eigenvalue weighted by atomic mass is 9.96. The summed E-state index contributed by atoms with van der Waals surface area (Å²) in [6.45, 7) is 6.96. The Morgan fingerprint density at radius 2 is 1.72 bits per heavy atom. The number of piperidine rings is 1. The first-order chi connectivity index (χ1) is 17.6. The van der Waals surface area contributed by atoms with E-state index in [0.717, 1.165) is 43.7 Å². The number of nitrogens with zero attached hydrogens (tertiary/aromatic N) is 4. The highest BCUT2D eigenvalue weighted by atomic mass is 32.1. The quantitative estimate of drug-likeness (QED) is 0.349. The fourth-order valence-corrected chi connectivity index (χ4v) is 4.95. The first-order valence-electron chi connectivity index (χ1n) is 12.3. The summed E-state index contributed by atoms with van der Waals surface area (Å²) in [5, 5.41) is 3.95. The molecule has 9 heteroatoms. The van der Waals surface area contributed by atoms with Crippen LogP contribution in [-0.4, -0.2) is 57.0 Å². The lowest BCUT2D eigenvalue weighted by Crippen LogP contribution is -2.47. The number of carbonyl (C=O) groups is 1. The molecule has 1 N–H and O–H groups in total. The van der Waals surface area contributed by atoms with E-state index in [4.69, 9.17) is 31.0 Å². The predicted molar refractivity (Wildman–Crippen MR) is 143 cm³/mol. The Kier molecular flexibility index (Phi) is 6.99. The first-order valence-corrected chi connectivity index (χ1v) is 12.7. The number of carbonyl (C=O) groups excluding carboxylic acids is 1. The number of hydrogen-bond donors (Lipinski definition) is 1. The van der Waals surface area contributed by atoms with E-state index < -0.39 is 0 Å². The Morgan fingerprint density at radius 1 is 1.06 bits per heavy atom. The molecular formula is C27H29N5O3S. The van der Waals surface area contributed by atoms with Gasteiger partial charge >= 0.3 is 0 Å². The van der Waals surface area contributed by atoms with Crippen molar-refractivity contribution in [2.24, 2.45) is 5.92 Å². The van der Waals surface area contributed by atoms with Crippen molar-refractivity contribution < 1.29 is 13.6 Å². The zero-order valence-electron chi connectivity index (χ0n) is 20.4. The van der Waals surface area contributed by atoms with Crippen molar-refractivity contribution in [3.05, 3.63) is 55.0 Å². The molecule has 1 fully saturated rings. The number of benzene rings is 1. The van der Waals surface area contributed by atoms with E-state index in [9.17, 15) is 4.79 Å². The molecule has 1 saturated heterocycles. The SMILES string of the molecule is CCN(CC)C(=O)[C@@H]1CCCN(C(=S)Nc2ccc3nc(-c4ccco4)c(-c4ccco4)nc3c2)C1. The highest BCUT2D eigenvalue weighted by Gasteiger charge is 2.29. The van der Waals surface area contributed by atoms with Crippen LogP contribution in [0.4, 0.5) is 5.69 Å². The molecule has 8 nitrogen and oxygen atoms in total. The first kappa shape index (κ1) is 24.0. The molecule has 0 bridgehead atoms. The van der Waals surface area contributed by atoms with Crippen molar-refractivity contribution in [3.63, 3.8) is 0 Å². The second-order valence-electron chi connectivity index (χ2n) is 8.80. The standard InChI is InChI=1S/C27H29N5O3S/c1-3-31(4-2)26(33)18-8-5-13-32(17-18)27(36)28-19-11-12-20-21(16-19)30-25(23-10-7-15-35-23)24(29-20)22-9-6-14-34-22/h6-7,9-12,14-16,18H,3-5,8,13,17H2,1-2H3,(H,28,36)/t18-/m1/s1. The third kappa shape index (κ3) is 4.83. The third-order valence-electron chi connectivity index (χ3n) is 6.56. The number of hydrogen-bond acceptors (Lipinski definition) is 6. The number of nitrogens with one attached hydrogen (secondary N) is 1. The van der Waals surface area contributed by atoms with Crippen LogP contribution >= 0.6 is 12.2 Å². The van der Waals surface area contributed by atoms with Gasteiger partial charge in [-0.25, -0.2) is 9.97 Å². The zero-order valence-corrected chi connectivity index (χ0v) is 21.3. The maximum atomic E-state index is 12.9. The number of thiocarbonyl (C=S) groups is 1. The van der Waals surface area contributed by atoms with E-state index >= 15 is 0 Å². The predicted octanol–water partition coefficient (Wildman–Crippen LogP) is 5.43. The maximum Gasteiger partial charge on any atom is 0.227 e. The molecule has 1 atom stereocenters. The minimum absolute atomic E-state index is 0.0308. The van der Waals surface area contributed by atoms with Crippen molar-refractivity contribution >= 4 is 40.0 Å². The average Bonchev–Trinajstić information content (AvgIpc) is 3.63. The second-order valence-corrected chi connectivity index (χ2v) is 9.19. The average molecular weight is 504 g/mol. The van der Waals surface area contributed by atoms with Crippen LogP contribution < -0.4 is 5.32 Å². The maximum absolute atomic E-state index is 12.9. The normalized spacial score (nSPS) is 15.7. The molecule has 0 radical (unpaired) electrons. The van der Waals surface area contributed by atoms with E-state index in [-0.39, 0.29) is 11.8 Å². The summed E-state index contributed by atoms with van der Waals surface area (Å²) in [5.41, 5.74) is 3.48. The molecule has 1 aliphatic heterocycles. The number of fused-ring (bicyclic) bond motifs is 1. The molecular weight excluding hydrogens is 474 g/mol. The molecule has 0 unspecified atom stereocenters. The van der Waals surface area contributed by atoms with Crippen molar-refractivity contribution in [2.75, 3.05) is 31.5 Å². The van der Waals surface area contributed by atoms with E-state index in [0.29, 0.717) is 40.1 Å². The van der Waals surface area contributed by atoms with Gasteiger partial charge in [-0.15, -0.1) is 0 Å². The molecule has 4 heterocycles. The number of rotatable bonds is 6. The summed E-state index contributed by atoms with van der Waals surface area (Å²) in [5.74, 6) is 1.42. The van der Waals surface area contributed by atoms with E-state index in [1.807, 2.05) is 61.2 Å². The molecule has 1 amide bonds. The largest absolute Gasteiger partial charge is 0.463 e. The van der Waals surface area contributed by atoms with Crippen molar-refractivity contribution in [2.45, 2.75) is 26.7 Å². The Balaban J connectivity index is 1.38. The molecule has 1 aromatic carbocycles. The Morgan fingerprint density at radius 3 is 2.33 bits per heavy atom. The van der Waals surface area contributed by atoms with Gasteiger partial charge in [0.05, 0.1) is 29.5 Å². The lowest BCUT2D eigenvalue weighted by molar-refractivity contribution is -0.136. The summed E-state index contributed by atoms with van der Waals surface area (Å²) in [4.78, 5) is 26.6. The molecule has 36 heavy (non-hydrogen) atoms. The van der Waals surface area contributed by atoms with Crippen molar-refractivity contribution in [1.82, 2.24) is 19.8 Å².